The monoisotopic (exact) mass is 256 g/mol. The average molecular weight is 256 g/mol. The minimum Gasteiger partial charge on any atom is -0.320 e. The molecule has 0 spiro atoms. The van der Waals surface area contributed by atoms with Gasteiger partial charge in [-0.1, -0.05) is 0 Å². The van der Waals surface area contributed by atoms with Crippen LogP contribution in [-0.2, 0) is 12.8 Å². The standard InChI is InChI=1S/C14H16N4O/c1-9-8-10(6-7-15-9)16-14(19)13-11-4-2-3-5-12(11)17-18-13/h6-8H,2-5H2,1H3,(H,17,18)(H,15,16,19). The molecule has 98 valence electrons. The Morgan fingerprint density at radius 1 is 1.37 bits per heavy atom. The number of nitrogens with one attached hydrogen (secondary N) is 2. The number of nitrogens with zero attached hydrogens (tertiary/aromatic N) is 2. The number of aromatic nitrogens is 3. The third-order valence-electron chi connectivity index (χ3n) is 3.43. The summed E-state index contributed by atoms with van der Waals surface area (Å²) in [6.07, 6.45) is 5.90. The van der Waals surface area contributed by atoms with Crippen molar-refractivity contribution in [3.8, 4) is 0 Å². The Balaban J connectivity index is 1.83. The Labute approximate surface area is 111 Å². The number of hydrogen-bond donors (Lipinski definition) is 2. The first-order valence-corrected chi connectivity index (χ1v) is 6.54. The van der Waals surface area contributed by atoms with Crippen molar-refractivity contribution in [2.75, 3.05) is 5.32 Å². The van der Waals surface area contributed by atoms with E-state index in [4.69, 9.17) is 0 Å². The fourth-order valence-corrected chi connectivity index (χ4v) is 2.48. The zero-order valence-corrected chi connectivity index (χ0v) is 10.9. The van der Waals surface area contributed by atoms with Crippen LogP contribution in [0.2, 0.25) is 0 Å². The molecule has 2 aromatic rings. The van der Waals surface area contributed by atoms with Crippen molar-refractivity contribution in [1.29, 1.82) is 0 Å². The maximum absolute atomic E-state index is 12.2. The number of aromatic amines is 1. The summed E-state index contributed by atoms with van der Waals surface area (Å²) in [5.41, 5.74) is 4.35. The van der Waals surface area contributed by atoms with Gasteiger partial charge in [0.15, 0.2) is 5.69 Å². The lowest BCUT2D eigenvalue weighted by Crippen LogP contribution is -2.15. The number of carbonyl (C=O) groups excluding carboxylic acids is 1. The first kappa shape index (κ1) is 11.9. The third kappa shape index (κ3) is 2.36. The van der Waals surface area contributed by atoms with Crippen molar-refractivity contribution >= 4 is 11.6 Å². The minimum absolute atomic E-state index is 0.148. The van der Waals surface area contributed by atoms with Gasteiger partial charge >= 0.3 is 0 Å². The van der Waals surface area contributed by atoms with E-state index >= 15 is 0 Å². The zero-order chi connectivity index (χ0) is 13.2. The summed E-state index contributed by atoms with van der Waals surface area (Å²) < 4.78 is 0. The van der Waals surface area contributed by atoms with Crippen LogP contribution in [-0.4, -0.2) is 21.1 Å². The van der Waals surface area contributed by atoms with Crippen molar-refractivity contribution in [1.82, 2.24) is 15.2 Å². The molecule has 0 aromatic carbocycles. The van der Waals surface area contributed by atoms with Crippen molar-refractivity contribution in [3.05, 3.63) is 41.0 Å². The lowest BCUT2D eigenvalue weighted by atomic mass is 9.96. The molecule has 19 heavy (non-hydrogen) atoms. The predicted molar refractivity (Wildman–Crippen MR) is 72.2 cm³/mol. The van der Waals surface area contributed by atoms with E-state index in [9.17, 15) is 4.79 Å². The molecule has 1 aliphatic rings. The number of rotatable bonds is 2. The fourth-order valence-electron chi connectivity index (χ4n) is 2.48. The summed E-state index contributed by atoms with van der Waals surface area (Å²) in [5.74, 6) is -0.148. The molecular weight excluding hydrogens is 240 g/mol. The van der Waals surface area contributed by atoms with E-state index in [0.717, 1.165) is 41.9 Å². The Hall–Kier alpha value is -2.17. The number of H-pyrrole nitrogens is 1. The number of hydrogen-bond acceptors (Lipinski definition) is 3. The van der Waals surface area contributed by atoms with Gasteiger partial charge in [-0.2, -0.15) is 5.10 Å². The average Bonchev–Trinajstić information content (AvgIpc) is 2.82. The number of fused-ring (bicyclic) bond motifs is 1. The van der Waals surface area contributed by atoms with Crippen molar-refractivity contribution < 1.29 is 4.79 Å². The molecule has 0 fully saturated rings. The SMILES string of the molecule is Cc1cc(NC(=O)c2n[nH]c3c2CCCC3)ccn1. The van der Waals surface area contributed by atoms with Gasteiger partial charge in [0, 0.05) is 28.8 Å². The fraction of sp³-hybridized carbons (Fsp3) is 0.357. The molecule has 1 aliphatic carbocycles. The highest BCUT2D eigenvalue weighted by Gasteiger charge is 2.21. The molecule has 0 bridgehead atoms. The second-order valence-electron chi connectivity index (χ2n) is 4.88. The van der Waals surface area contributed by atoms with Crippen LogP contribution in [0.4, 0.5) is 5.69 Å². The van der Waals surface area contributed by atoms with E-state index in [-0.39, 0.29) is 5.91 Å². The van der Waals surface area contributed by atoms with Crippen molar-refractivity contribution in [3.63, 3.8) is 0 Å². The number of anilines is 1. The number of aryl methyl sites for hydroxylation is 2. The molecule has 5 heteroatoms. The first-order chi connectivity index (χ1) is 9.24. The second-order valence-corrected chi connectivity index (χ2v) is 4.88. The van der Waals surface area contributed by atoms with Crippen LogP contribution in [0.1, 0.15) is 40.3 Å². The van der Waals surface area contributed by atoms with Crippen LogP contribution >= 0.6 is 0 Å². The highest BCUT2D eigenvalue weighted by Crippen LogP contribution is 2.22. The van der Waals surface area contributed by atoms with Gasteiger partial charge in [-0.3, -0.25) is 14.9 Å². The van der Waals surface area contributed by atoms with Crippen LogP contribution in [0.25, 0.3) is 0 Å². The van der Waals surface area contributed by atoms with E-state index in [2.05, 4.69) is 20.5 Å². The molecule has 0 saturated carbocycles. The Morgan fingerprint density at radius 2 is 2.21 bits per heavy atom. The van der Waals surface area contributed by atoms with Gasteiger partial charge in [0.1, 0.15) is 0 Å². The molecular formula is C14H16N4O. The van der Waals surface area contributed by atoms with Gasteiger partial charge in [-0.05, 0) is 44.7 Å². The van der Waals surface area contributed by atoms with E-state index < -0.39 is 0 Å². The second kappa shape index (κ2) is 4.84. The molecule has 0 radical (unpaired) electrons. The molecule has 3 rings (SSSR count). The van der Waals surface area contributed by atoms with Crippen LogP contribution in [0.3, 0.4) is 0 Å². The molecule has 2 aromatic heterocycles. The summed E-state index contributed by atoms with van der Waals surface area (Å²) in [6.45, 7) is 1.89. The highest BCUT2D eigenvalue weighted by molar-refractivity contribution is 6.04. The van der Waals surface area contributed by atoms with E-state index in [0.29, 0.717) is 5.69 Å². The lowest BCUT2D eigenvalue weighted by Gasteiger charge is -2.11. The largest absolute Gasteiger partial charge is 0.320 e. The predicted octanol–water partition coefficient (Wildman–Crippen LogP) is 2.24. The molecule has 0 unspecified atom stereocenters. The van der Waals surface area contributed by atoms with Crippen LogP contribution in [0.5, 0.6) is 0 Å². The quantitative estimate of drug-likeness (QED) is 0.865. The van der Waals surface area contributed by atoms with Gasteiger partial charge < -0.3 is 5.32 Å². The topological polar surface area (TPSA) is 70.7 Å². The van der Waals surface area contributed by atoms with E-state index in [1.807, 2.05) is 13.0 Å². The molecule has 2 N–H and O–H groups in total. The number of amides is 1. The third-order valence-corrected chi connectivity index (χ3v) is 3.43. The van der Waals surface area contributed by atoms with Crippen LogP contribution < -0.4 is 5.32 Å². The molecule has 1 amide bonds. The zero-order valence-electron chi connectivity index (χ0n) is 10.9. The van der Waals surface area contributed by atoms with Crippen LogP contribution in [0, 0.1) is 6.92 Å². The maximum Gasteiger partial charge on any atom is 0.276 e. The van der Waals surface area contributed by atoms with Crippen molar-refractivity contribution in [2.45, 2.75) is 32.6 Å². The summed E-state index contributed by atoms with van der Waals surface area (Å²) in [7, 11) is 0. The van der Waals surface area contributed by atoms with E-state index in [1.165, 1.54) is 6.42 Å². The first-order valence-electron chi connectivity index (χ1n) is 6.54. The Kier molecular flexibility index (Phi) is 3.03. The summed E-state index contributed by atoms with van der Waals surface area (Å²) in [6, 6.07) is 3.63. The Bertz CT molecular complexity index is 618. The van der Waals surface area contributed by atoms with Gasteiger partial charge in [0.05, 0.1) is 0 Å². The normalized spacial score (nSPS) is 13.9. The van der Waals surface area contributed by atoms with E-state index in [1.54, 1.807) is 12.3 Å². The molecule has 2 heterocycles. The molecule has 0 saturated heterocycles. The molecule has 0 aliphatic heterocycles. The van der Waals surface area contributed by atoms with Gasteiger partial charge in [-0.25, -0.2) is 0 Å². The minimum atomic E-state index is -0.148. The van der Waals surface area contributed by atoms with Crippen molar-refractivity contribution in [2.24, 2.45) is 0 Å². The summed E-state index contributed by atoms with van der Waals surface area (Å²) >= 11 is 0. The molecule has 5 nitrogen and oxygen atoms in total. The van der Waals surface area contributed by atoms with Crippen LogP contribution in [0.15, 0.2) is 18.3 Å². The Morgan fingerprint density at radius 3 is 3.05 bits per heavy atom. The smallest absolute Gasteiger partial charge is 0.276 e. The molecule has 0 atom stereocenters. The maximum atomic E-state index is 12.2. The van der Waals surface area contributed by atoms with Gasteiger partial charge in [0.25, 0.3) is 5.91 Å². The number of pyridine rings is 1. The highest BCUT2D eigenvalue weighted by atomic mass is 16.1. The summed E-state index contributed by atoms with van der Waals surface area (Å²) in [4.78, 5) is 16.4. The summed E-state index contributed by atoms with van der Waals surface area (Å²) in [5, 5.41) is 10.0. The van der Waals surface area contributed by atoms with Gasteiger partial charge in [0.2, 0.25) is 0 Å². The van der Waals surface area contributed by atoms with Gasteiger partial charge in [-0.15, -0.1) is 0 Å². The lowest BCUT2D eigenvalue weighted by molar-refractivity contribution is 0.102. The number of carbonyl (C=O) groups is 1.